The highest BCUT2D eigenvalue weighted by Crippen LogP contribution is 2.20. The van der Waals surface area contributed by atoms with Gasteiger partial charge in [0, 0.05) is 25.9 Å². The third-order valence-electron chi connectivity index (χ3n) is 3.37. The van der Waals surface area contributed by atoms with Gasteiger partial charge in [-0.3, -0.25) is 0 Å². The predicted molar refractivity (Wildman–Crippen MR) is 74.7 cm³/mol. The van der Waals surface area contributed by atoms with Crippen LogP contribution in [0, 0.1) is 5.92 Å². The minimum atomic E-state index is 0.269. The van der Waals surface area contributed by atoms with Crippen molar-refractivity contribution in [3.63, 3.8) is 0 Å². The number of anilines is 1. The van der Waals surface area contributed by atoms with Crippen molar-refractivity contribution in [2.24, 2.45) is 5.92 Å². The Morgan fingerprint density at radius 1 is 1.18 bits per heavy atom. The lowest BCUT2D eigenvalue weighted by Gasteiger charge is -2.24. The van der Waals surface area contributed by atoms with Crippen LogP contribution >= 0.6 is 0 Å². The van der Waals surface area contributed by atoms with Crippen LogP contribution in [0.5, 0.6) is 0 Å². The molecule has 0 bridgehead atoms. The maximum Gasteiger partial charge on any atom is 0.0476 e. The summed E-state index contributed by atoms with van der Waals surface area (Å²) in [4.78, 5) is 2.22. The molecule has 1 atom stereocenters. The largest absolute Gasteiger partial charge is 0.396 e. The topological polar surface area (TPSA) is 23.5 Å². The quantitative estimate of drug-likeness (QED) is 0.818. The van der Waals surface area contributed by atoms with Gasteiger partial charge in [0.1, 0.15) is 0 Å². The Balaban J connectivity index is 2.66. The van der Waals surface area contributed by atoms with Gasteiger partial charge in [-0.1, -0.05) is 32.9 Å². The molecule has 17 heavy (non-hydrogen) atoms. The van der Waals surface area contributed by atoms with Crippen LogP contribution in [-0.4, -0.2) is 25.3 Å². The average molecular weight is 235 g/mol. The van der Waals surface area contributed by atoms with Crippen LogP contribution in [0.25, 0.3) is 0 Å². The van der Waals surface area contributed by atoms with E-state index < -0.39 is 0 Å². The molecule has 96 valence electrons. The van der Waals surface area contributed by atoms with Gasteiger partial charge in [-0.05, 0) is 36.0 Å². The summed E-state index contributed by atoms with van der Waals surface area (Å²) < 4.78 is 0. The van der Waals surface area contributed by atoms with Crippen LogP contribution in [0.4, 0.5) is 5.69 Å². The van der Waals surface area contributed by atoms with Gasteiger partial charge in [0.15, 0.2) is 0 Å². The van der Waals surface area contributed by atoms with E-state index in [4.69, 9.17) is 0 Å². The summed E-state index contributed by atoms with van der Waals surface area (Å²) in [6, 6.07) is 8.71. The molecular weight excluding hydrogens is 210 g/mol. The predicted octanol–water partition coefficient (Wildman–Crippen LogP) is 3.26. The van der Waals surface area contributed by atoms with Gasteiger partial charge >= 0.3 is 0 Å². The lowest BCUT2D eigenvalue weighted by Crippen LogP contribution is -2.27. The fraction of sp³-hybridized carbons (Fsp3) is 0.600. The third kappa shape index (κ3) is 4.04. The Kier molecular flexibility index (Phi) is 5.49. The molecule has 0 aliphatic carbocycles. The molecular formula is C15H25NO. The first-order valence-corrected chi connectivity index (χ1v) is 6.50. The van der Waals surface area contributed by atoms with Crippen molar-refractivity contribution in [2.75, 3.05) is 25.1 Å². The first kappa shape index (κ1) is 14.0. The van der Waals surface area contributed by atoms with Crippen LogP contribution in [0.2, 0.25) is 0 Å². The van der Waals surface area contributed by atoms with Gasteiger partial charge in [0.25, 0.3) is 0 Å². The molecule has 0 amide bonds. The van der Waals surface area contributed by atoms with Gasteiger partial charge in [-0.15, -0.1) is 0 Å². The highest BCUT2D eigenvalue weighted by atomic mass is 16.3. The third-order valence-corrected chi connectivity index (χ3v) is 3.37. The van der Waals surface area contributed by atoms with Gasteiger partial charge in [0.05, 0.1) is 0 Å². The number of aliphatic hydroxyl groups excluding tert-OH is 1. The standard InChI is InChI=1S/C15H25NO/c1-5-13(11-17)10-16(4)15-8-6-14(7-9-15)12(2)3/h6-9,12-13,17H,5,10-11H2,1-4H3. The lowest BCUT2D eigenvalue weighted by atomic mass is 10.0. The van der Waals surface area contributed by atoms with E-state index in [1.54, 1.807) is 0 Å². The molecule has 1 unspecified atom stereocenters. The summed E-state index contributed by atoms with van der Waals surface area (Å²) >= 11 is 0. The zero-order valence-electron chi connectivity index (χ0n) is 11.5. The normalized spacial score (nSPS) is 12.8. The van der Waals surface area contributed by atoms with Gasteiger partial charge in [-0.25, -0.2) is 0 Å². The van der Waals surface area contributed by atoms with Crippen LogP contribution in [0.15, 0.2) is 24.3 Å². The Morgan fingerprint density at radius 2 is 1.76 bits per heavy atom. The molecule has 0 spiro atoms. The smallest absolute Gasteiger partial charge is 0.0476 e. The molecule has 1 rings (SSSR count). The monoisotopic (exact) mass is 235 g/mol. The van der Waals surface area contributed by atoms with Crippen LogP contribution in [-0.2, 0) is 0 Å². The lowest BCUT2D eigenvalue weighted by molar-refractivity contribution is 0.225. The van der Waals surface area contributed by atoms with E-state index in [0.717, 1.165) is 13.0 Å². The number of benzene rings is 1. The first-order valence-electron chi connectivity index (χ1n) is 6.50. The highest BCUT2D eigenvalue weighted by molar-refractivity contribution is 5.47. The number of rotatable bonds is 6. The molecule has 0 heterocycles. The maximum atomic E-state index is 9.21. The van der Waals surface area contributed by atoms with E-state index in [1.165, 1.54) is 11.3 Å². The van der Waals surface area contributed by atoms with E-state index in [2.05, 4.69) is 57.0 Å². The van der Waals surface area contributed by atoms with Crippen LogP contribution < -0.4 is 4.90 Å². The molecule has 0 aliphatic heterocycles. The molecule has 1 aromatic carbocycles. The highest BCUT2D eigenvalue weighted by Gasteiger charge is 2.09. The molecule has 1 N–H and O–H groups in total. The number of aliphatic hydroxyl groups is 1. The molecule has 2 heteroatoms. The second kappa shape index (κ2) is 6.65. The van der Waals surface area contributed by atoms with E-state index in [1.807, 2.05) is 0 Å². The minimum absolute atomic E-state index is 0.269. The molecule has 0 saturated carbocycles. The van der Waals surface area contributed by atoms with Crippen molar-refractivity contribution >= 4 is 5.69 Å². The molecule has 0 radical (unpaired) electrons. The van der Waals surface area contributed by atoms with Crippen molar-refractivity contribution in [3.05, 3.63) is 29.8 Å². The SMILES string of the molecule is CCC(CO)CN(C)c1ccc(C(C)C)cc1. The summed E-state index contributed by atoms with van der Waals surface area (Å²) in [5.41, 5.74) is 2.60. The number of hydrogen-bond acceptors (Lipinski definition) is 2. The zero-order chi connectivity index (χ0) is 12.8. The molecule has 0 fully saturated rings. The van der Waals surface area contributed by atoms with Gasteiger partial charge < -0.3 is 10.0 Å². The van der Waals surface area contributed by atoms with Crippen LogP contribution in [0.3, 0.4) is 0 Å². The second-order valence-electron chi connectivity index (χ2n) is 5.08. The summed E-state index contributed by atoms with van der Waals surface area (Å²) in [5.74, 6) is 0.944. The van der Waals surface area contributed by atoms with E-state index in [9.17, 15) is 5.11 Å². The minimum Gasteiger partial charge on any atom is -0.396 e. The number of nitrogens with zero attached hydrogens (tertiary/aromatic N) is 1. The summed E-state index contributed by atoms with van der Waals surface area (Å²) in [5, 5.41) is 9.21. The van der Waals surface area contributed by atoms with Crippen molar-refractivity contribution < 1.29 is 5.11 Å². The summed E-state index contributed by atoms with van der Waals surface area (Å²) in [6.45, 7) is 7.71. The second-order valence-corrected chi connectivity index (χ2v) is 5.08. The Bertz CT molecular complexity index is 314. The number of hydrogen-bond donors (Lipinski definition) is 1. The van der Waals surface area contributed by atoms with Gasteiger partial charge in [0.2, 0.25) is 0 Å². The molecule has 0 saturated heterocycles. The summed E-state index contributed by atoms with van der Waals surface area (Å²) in [6.07, 6.45) is 1.02. The average Bonchev–Trinajstić information content (AvgIpc) is 2.35. The summed E-state index contributed by atoms with van der Waals surface area (Å²) in [7, 11) is 2.09. The molecule has 2 nitrogen and oxygen atoms in total. The fourth-order valence-corrected chi connectivity index (χ4v) is 1.92. The zero-order valence-corrected chi connectivity index (χ0v) is 11.5. The maximum absolute atomic E-state index is 9.21. The Labute approximate surface area is 105 Å². The molecule has 0 aliphatic rings. The van der Waals surface area contributed by atoms with Crippen molar-refractivity contribution in [3.8, 4) is 0 Å². The molecule has 1 aromatic rings. The molecule has 0 aromatic heterocycles. The van der Waals surface area contributed by atoms with E-state index in [0.29, 0.717) is 11.8 Å². The van der Waals surface area contributed by atoms with Gasteiger partial charge in [-0.2, -0.15) is 0 Å². The van der Waals surface area contributed by atoms with Crippen molar-refractivity contribution in [1.82, 2.24) is 0 Å². The fourth-order valence-electron chi connectivity index (χ4n) is 1.92. The van der Waals surface area contributed by atoms with Crippen molar-refractivity contribution in [1.29, 1.82) is 0 Å². The van der Waals surface area contributed by atoms with E-state index >= 15 is 0 Å². The Morgan fingerprint density at radius 3 is 2.18 bits per heavy atom. The first-order chi connectivity index (χ1) is 8.08. The van der Waals surface area contributed by atoms with Crippen LogP contribution in [0.1, 0.15) is 38.7 Å². The Hall–Kier alpha value is -1.02. The van der Waals surface area contributed by atoms with E-state index in [-0.39, 0.29) is 6.61 Å². The van der Waals surface area contributed by atoms with Crippen molar-refractivity contribution in [2.45, 2.75) is 33.1 Å².